The van der Waals surface area contributed by atoms with Crippen molar-refractivity contribution in [3.05, 3.63) is 27.8 Å². The summed E-state index contributed by atoms with van der Waals surface area (Å²) < 4.78 is 1.10. The molecule has 1 saturated heterocycles. The number of nitrogens with one attached hydrogen (secondary N) is 1. The van der Waals surface area contributed by atoms with E-state index >= 15 is 0 Å². The number of rotatable bonds is 4. The normalized spacial score (nSPS) is 30.8. The van der Waals surface area contributed by atoms with Crippen LogP contribution in [0.15, 0.2) is 24.3 Å². The van der Waals surface area contributed by atoms with Crippen molar-refractivity contribution in [3.63, 3.8) is 0 Å². The number of hydrogen-bond donors (Lipinski definition) is 1. The van der Waals surface area contributed by atoms with E-state index < -0.39 is 0 Å². The zero-order chi connectivity index (χ0) is 16.8. The van der Waals surface area contributed by atoms with Gasteiger partial charge in [0.1, 0.15) is 0 Å². The molecular weight excluding hydrogens is 419 g/mol. The van der Waals surface area contributed by atoms with Gasteiger partial charge in [0.25, 0.3) is 0 Å². The number of carbonyl (C=O) groups excluding carboxylic acids is 3. The lowest BCUT2D eigenvalue weighted by Crippen LogP contribution is -2.35. The number of carbonyl (C=O) groups is 3. The molecule has 5 nitrogen and oxygen atoms in total. The second-order valence-electron chi connectivity index (χ2n) is 7.02. The summed E-state index contributed by atoms with van der Waals surface area (Å²) in [7, 11) is 0. The Balaban J connectivity index is 1.36. The molecule has 4 rings (SSSR count). The predicted octanol–water partition coefficient (Wildman–Crippen LogP) is 2.65. The summed E-state index contributed by atoms with van der Waals surface area (Å²) in [6, 6.07) is 7.52. The second kappa shape index (κ2) is 6.13. The molecule has 3 amide bonds. The first-order valence-corrected chi connectivity index (χ1v) is 9.53. The third-order valence-corrected chi connectivity index (χ3v) is 6.43. The fourth-order valence-corrected chi connectivity index (χ4v) is 5.02. The first kappa shape index (κ1) is 16.1. The van der Waals surface area contributed by atoms with Crippen LogP contribution >= 0.6 is 22.6 Å². The van der Waals surface area contributed by atoms with Crippen LogP contribution in [0.1, 0.15) is 25.7 Å². The van der Waals surface area contributed by atoms with Crippen molar-refractivity contribution in [1.29, 1.82) is 0 Å². The molecule has 0 spiro atoms. The van der Waals surface area contributed by atoms with E-state index in [2.05, 4.69) is 27.9 Å². The van der Waals surface area contributed by atoms with E-state index in [0.717, 1.165) is 28.5 Å². The third-order valence-electron chi connectivity index (χ3n) is 5.71. The molecule has 3 fully saturated rings. The lowest BCUT2D eigenvalue weighted by molar-refractivity contribution is -0.140. The van der Waals surface area contributed by atoms with Crippen LogP contribution in [0.2, 0.25) is 0 Å². The van der Waals surface area contributed by atoms with Crippen molar-refractivity contribution in [2.24, 2.45) is 23.7 Å². The lowest BCUT2D eigenvalue weighted by atomic mass is 9.81. The first-order valence-electron chi connectivity index (χ1n) is 8.45. The van der Waals surface area contributed by atoms with Crippen molar-refractivity contribution >= 4 is 46.0 Å². The zero-order valence-electron chi connectivity index (χ0n) is 13.2. The highest BCUT2D eigenvalue weighted by Crippen LogP contribution is 2.56. The molecule has 0 unspecified atom stereocenters. The van der Waals surface area contributed by atoms with Crippen molar-refractivity contribution < 1.29 is 14.4 Å². The third kappa shape index (κ3) is 2.64. The molecule has 0 radical (unpaired) electrons. The summed E-state index contributed by atoms with van der Waals surface area (Å²) in [6.45, 7) is 0.195. The highest BCUT2D eigenvalue weighted by molar-refractivity contribution is 14.1. The Hall–Kier alpha value is -1.44. The predicted molar refractivity (Wildman–Crippen MR) is 96.9 cm³/mol. The molecule has 2 aliphatic carbocycles. The van der Waals surface area contributed by atoms with Gasteiger partial charge in [0.15, 0.2) is 0 Å². The minimum atomic E-state index is -0.170. The molecule has 24 heavy (non-hydrogen) atoms. The van der Waals surface area contributed by atoms with Crippen LogP contribution in [-0.2, 0) is 14.4 Å². The number of imide groups is 1. The van der Waals surface area contributed by atoms with Crippen LogP contribution < -0.4 is 5.32 Å². The van der Waals surface area contributed by atoms with Gasteiger partial charge in [-0.3, -0.25) is 19.3 Å². The highest BCUT2D eigenvalue weighted by atomic mass is 127. The Morgan fingerprint density at radius 1 is 1.08 bits per heavy atom. The molecule has 1 aromatic carbocycles. The molecule has 2 saturated carbocycles. The summed E-state index contributed by atoms with van der Waals surface area (Å²) in [4.78, 5) is 38.6. The maximum Gasteiger partial charge on any atom is 0.233 e. The molecule has 0 aromatic heterocycles. The van der Waals surface area contributed by atoms with Crippen LogP contribution in [0.3, 0.4) is 0 Å². The van der Waals surface area contributed by atoms with Crippen molar-refractivity contribution in [3.8, 4) is 0 Å². The summed E-state index contributed by atoms with van der Waals surface area (Å²) in [5.41, 5.74) is 0.731. The molecule has 1 N–H and O–H groups in total. The largest absolute Gasteiger partial charge is 0.326 e. The average molecular weight is 438 g/mol. The fourth-order valence-electron chi connectivity index (χ4n) is 4.66. The number of benzene rings is 1. The Bertz CT molecular complexity index is 675. The van der Waals surface area contributed by atoms with Gasteiger partial charge < -0.3 is 5.32 Å². The first-order chi connectivity index (χ1) is 11.5. The van der Waals surface area contributed by atoms with E-state index in [-0.39, 0.29) is 42.5 Å². The van der Waals surface area contributed by atoms with Crippen LogP contribution in [0, 0.1) is 27.2 Å². The van der Waals surface area contributed by atoms with Gasteiger partial charge in [-0.25, -0.2) is 0 Å². The molecular formula is C18H19IN2O3. The topological polar surface area (TPSA) is 66.5 Å². The van der Waals surface area contributed by atoms with Gasteiger partial charge in [-0.15, -0.1) is 0 Å². The monoisotopic (exact) mass is 438 g/mol. The SMILES string of the molecule is O=C(CCN1C(=O)[C@H]2[C@@H]3CC[C@@H](C3)[C@@H]2C1=O)Nc1ccc(I)cc1. The van der Waals surface area contributed by atoms with Gasteiger partial charge in [-0.2, -0.15) is 0 Å². The Morgan fingerprint density at radius 2 is 1.67 bits per heavy atom. The van der Waals surface area contributed by atoms with Crippen molar-refractivity contribution in [2.45, 2.75) is 25.7 Å². The molecule has 1 heterocycles. The maximum atomic E-state index is 12.6. The van der Waals surface area contributed by atoms with Crippen LogP contribution in [0.25, 0.3) is 0 Å². The van der Waals surface area contributed by atoms with E-state index in [0.29, 0.717) is 11.8 Å². The van der Waals surface area contributed by atoms with Gasteiger partial charge in [0.05, 0.1) is 11.8 Å². The number of nitrogens with zero attached hydrogens (tertiary/aromatic N) is 1. The number of halogens is 1. The van der Waals surface area contributed by atoms with Gasteiger partial charge in [0.2, 0.25) is 17.7 Å². The number of fused-ring (bicyclic) bond motifs is 5. The summed E-state index contributed by atoms with van der Waals surface area (Å²) in [5, 5.41) is 2.81. The Labute approximate surface area is 154 Å². The molecule has 6 heteroatoms. The highest BCUT2D eigenvalue weighted by Gasteiger charge is 2.60. The standard InChI is InChI=1S/C18H19IN2O3/c19-12-3-5-13(6-4-12)20-14(22)7-8-21-17(23)15-10-1-2-11(9-10)16(15)18(21)24/h3-6,10-11,15-16H,1-2,7-9H2,(H,20,22)/t10-,11+,15-,16-/m0/s1. The minimum absolute atomic E-state index is 0.0423. The van der Waals surface area contributed by atoms with Gasteiger partial charge in [-0.05, 0) is 78.0 Å². The Morgan fingerprint density at radius 3 is 2.25 bits per heavy atom. The van der Waals surface area contributed by atoms with E-state index in [1.54, 1.807) is 0 Å². The maximum absolute atomic E-state index is 12.6. The van der Waals surface area contributed by atoms with E-state index in [4.69, 9.17) is 0 Å². The molecule has 126 valence electrons. The second-order valence-corrected chi connectivity index (χ2v) is 8.26. The van der Waals surface area contributed by atoms with Gasteiger partial charge in [-0.1, -0.05) is 0 Å². The quantitative estimate of drug-likeness (QED) is 0.581. The number of amides is 3. The van der Waals surface area contributed by atoms with E-state index in [9.17, 15) is 14.4 Å². The molecule has 1 aromatic rings. The van der Waals surface area contributed by atoms with Crippen LogP contribution in [-0.4, -0.2) is 29.2 Å². The summed E-state index contributed by atoms with van der Waals surface area (Å²) in [5.74, 6) is 0.325. The van der Waals surface area contributed by atoms with E-state index in [1.165, 1.54) is 4.90 Å². The number of hydrogen-bond acceptors (Lipinski definition) is 3. The average Bonchev–Trinajstić information content (AvgIpc) is 3.23. The lowest BCUT2D eigenvalue weighted by Gasteiger charge is -2.19. The van der Waals surface area contributed by atoms with Gasteiger partial charge in [0, 0.05) is 22.2 Å². The van der Waals surface area contributed by atoms with Crippen molar-refractivity contribution in [2.75, 3.05) is 11.9 Å². The van der Waals surface area contributed by atoms with Crippen molar-refractivity contribution in [1.82, 2.24) is 4.90 Å². The number of anilines is 1. The molecule has 3 aliphatic rings. The van der Waals surface area contributed by atoms with E-state index in [1.807, 2.05) is 24.3 Å². The smallest absolute Gasteiger partial charge is 0.233 e. The van der Waals surface area contributed by atoms with Gasteiger partial charge >= 0.3 is 0 Å². The number of likely N-dealkylation sites (tertiary alicyclic amines) is 1. The zero-order valence-corrected chi connectivity index (χ0v) is 15.4. The summed E-state index contributed by atoms with van der Waals surface area (Å²) >= 11 is 2.20. The molecule has 2 bridgehead atoms. The van der Waals surface area contributed by atoms with Crippen LogP contribution in [0.5, 0.6) is 0 Å². The molecule has 4 atom stereocenters. The summed E-state index contributed by atoms with van der Waals surface area (Å²) in [6.07, 6.45) is 3.34. The minimum Gasteiger partial charge on any atom is -0.326 e. The molecule has 1 aliphatic heterocycles. The van der Waals surface area contributed by atoms with Crippen LogP contribution in [0.4, 0.5) is 5.69 Å². The fraction of sp³-hybridized carbons (Fsp3) is 0.500. The Kier molecular flexibility index (Phi) is 4.10.